The highest BCUT2D eigenvalue weighted by atomic mass is 19.4. The molecule has 47 heavy (non-hydrogen) atoms. The molecule has 0 spiro atoms. The van der Waals surface area contributed by atoms with E-state index in [-0.39, 0.29) is 5.92 Å². The molecule has 0 heterocycles. The number of hydrogen-bond donors (Lipinski definition) is 0. The molecule has 0 aromatic carbocycles. The van der Waals surface area contributed by atoms with Gasteiger partial charge in [0.25, 0.3) is 0 Å². The Morgan fingerprint density at radius 3 is 1.09 bits per heavy atom. The third kappa shape index (κ3) is 4.87. The first-order chi connectivity index (χ1) is 21.5. The van der Waals surface area contributed by atoms with Crippen molar-refractivity contribution in [2.45, 2.75) is 118 Å². The van der Waals surface area contributed by atoms with Gasteiger partial charge in [0.1, 0.15) is 0 Å². The number of halogens is 9. The minimum Gasteiger partial charge on any atom is -0.171 e. The van der Waals surface area contributed by atoms with Gasteiger partial charge >= 0.3 is 18.5 Å². The molecule has 0 radical (unpaired) electrons. The Kier molecular flexibility index (Phi) is 7.92. The summed E-state index contributed by atoms with van der Waals surface area (Å²) >= 11 is 0. The second-order valence-electron chi connectivity index (χ2n) is 19.3. The van der Waals surface area contributed by atoms with Gasteiger partial charge in [-0.2, -0.15) is 39.5 Å². The third-order valence-corrected chi connectivity index (χ3v) is 17.4. The van der Waals surface area contributed by atoms with Crippen molar-refractivity contribution in [3.63, 3.8) is 0 Å². The maximum absolute atomic E-state index is 13.3. The fraction of sp³-hybridized carbons (Fsp3) is 1.00. The zero-order valence-electron chi connectivity index (χ0n) is 29.0. The molecule has 0 saturated heterocycles. The van der Waals surface area contributed by atoms with E-state index >= 15 is 0 Å². The Labute approximate surface area is 275 Å². The Bertz CT molecular complexity index is 1180. The highest BCUT2D eigenvalue weighted by Gasteiger charge is 2.71. The molecule has 18 atom stereocenters. The molecule has 0 aromatic rings. The number of hydrogen-bond acceptors (Lipinski definition) is 0. The van der Waals surface area contributed by atoms with Crippen LogP contribution in [0.4, 0.5) is 39.5 Å². The van der Waals surface area contributed by atoms with Crippen LogP contribution in [0.25, 0.3) is 0 Å². The lowest BCUT2D eigenvalue weighted by molar-refractivity contribution is -0.340. The molecule has 8 fully saturated rings. The number of alkyl halides is 9. The minimum absolute atomic E-state index is 0.0731. The molecule has 18 unspecified atom stereocenters. The molecule has 0 amide bonds. The average Bonchev–Trinajstić information content (AvgIpc) is 3.77. The van der Waals surface area contributed by atoms with Crippen LogP contribution < -0.4 is 0 Å². The molecule has 9 heteroatoms. The summed E-state index contributed by atoms with van der Waals surface area (Å²) in [5, 5.41) is 0. The number of fused-ring (bicyclic) bond motifs is 18. The van der Waals surface area contributed by atoms with Gasteiger partial charge < -0.3 is 0 Å². The Balaban J connectivity index is 0.000000151. The Morgan fingerprint density at radius 1 is 0.404 bits per heavy atom. The van der Waals surface area contributed by atoms with Crippen molar-refractivity contribution < 1.29 is 39.5 Å². The lowest BCUT2D eigenvalue weighted by Crippen LogP contribution is -2.50. The van der Waals surface area contributed by atoms with Crippen LogP contribution in [0.1, 0.15) is 99.8 Å². The van der Waals surface area contributed by atoms with Crippen LogP contribution in [0.5, 0.6) is 0 Å². The van der Waals surface area contributed by atoms with Crippen molar-refractivity contribution in [1.82, 2.24) is 0 Å². The molecule has 0 N–H and O–H groups in total. The molecular formula is C38H55F9. The first-order valence-electron chi connectivity index (χ1n) is 18.7. The summed E-state index contributed by atoms with van der Waals surface area (Å²) in [6.07, 6.45) is -8.73. The van der Waals surface area contributed by atoms with Gasteiger partial charge in [-0.05, 0) is 165 Å². The molecule has 8 aliphatic rings. The SMILES string of the molecule is CC1C(C)C2CC1C1C3CC(CC(C)(C(F)(F)F)C(F)(F)F)C(C3)C21.CC1C(C)C2CC1C1C3CC(CC(C)(C)C(F)(F)F)C(C3)C21. The summed E-state index contributed by atoms with van der Waals surface area (Å²) in [7, 11) is 0. The molecule has 0 aromatic heterocycles. The molecule has 8 saturated carbocycles. The zero-order chi connectivity index (χ0) is 34.5. The quantitative estimate of drug-likeness (QED) is 0.205. The summed E-state index contributed by atoms with van der Waals surface area (Å²) in [6, 6.07) is 0. The van der Waals surface area contributed by atoms with E-state index in [0.717, 1.165) is 60.7 Å². The van der Waals surface area contributed by atoms with Gasteiger partial charge in [0.15, 0.2) is 5.41 Å². The van der Waals surface area contributed by atoms with Crippen LogP contribution in [-0.4, -0.2) is 18.5 Å². The van der Waals surface area contributed by atoms with Gasteiger partial charge in [-0.15, -0.1) is 0 Å². The second kappa shape index (κ2) is 10.7. The van der Waals surface area contributed by atoms with E-state index in [2.05, 4.69) is 27.7 Å². The van der Waals surface area contributed by atoms with E-state index in [1.54, 1.807) is 0 Å². The largest absolute Gasteiger partial charge is 0.402 e. The van der Waals surface area contributed by atoms with E-state index in [1.165, 1.54) is 26.7 Å². The fourth-order valence-corrected chi connectivity index (χ4v) is 14.9. The van der Waals surface area contributed by atoms with Crippen LogP contribution in [0, 0.1) is 117 Å². The van der Waals surface area contributed by atoms with Crippen molar-refractivity contribution in [2.75, 3.05) is 0 Å². The molecule has 0 aliphatic heterocycles. The van der Waals surface area contributed by atoms with Gasteiger partial charge in [-0.1, -0.05) is 41.5 Å². The topological polar surface area (TPSA) is 0 Å². The Morgan fingerprint density at radius 2 is 0.745 bits per heavy atom. The van der Waals surface area contributed by atoms with Gasteiger partial charge in [0, 0.05) is 0 Å². The van der Waals surface area contributed by atoms with E-state index in [4.69, 9.17) is 0 Å². The van der Waals surface area contributed by atoms with Crippen molar-refractivity contribution in [1.29, 1.82) is 0 Å². The predicted octanol–water partition coefficient (Wildman–Crippen LogP) is 12.1. The molecule has 8 aliphatic carbocycles. The molecular weight excluding hydrogens is 627 g/mol. The van der Waals surface area contributed by atoms with E-state index < -0.39 is 41.7 Å². The predicted molar refractivity (Wildman–Crippen MR) is 163 cm³/mol. The van der Waals surface area contributed by atoms with Crippen LogP contribution in [0.2, 0.25) is 0 Å². The van der Waals surface area contributed by atoms with Crippen LogP contribution in [-0.2, 0) is 0 Å². The van der Waals surface area contributed by atoms with Gasteiger partial charge in [-0.3, -0.25) is 0 Å². The highest BCUT2D eigenvalue weighted by molar-refractivity contribution is 5.15. The van der Waals surface area contributed by atoms with Gasteiger partial charge in [0.2, 0.25) is 0 Å². The molecule has 0 nitrogen and oxygen atoms in total. The summed E-state index contributed by atoms with van der Waals surface area (Å²) in [6.45, 7) is 12.5. The fourth-order valence-electron chi connectivity index (χ4n) is 14.9. The Hall–Kier alpha value is -0.630. The first kappa shape index (κ1) is 34.8. The highest BCUT2D eigenvalue weighted by Crippen LogP contribution is 2.74. The third-order valence-electron chi connectivity index (χ3n) is 17.4. The first-order valence-corrected chi connectivity index (χ1v) is 18.7. The maximum atomic E-state index is 13.3. The van der Waals surface area contributed by atoms with Gasteiger partial charge in [-0.25, -0.2) is 0 Å². The van der Waals surface area contributed by atoms with Crippen LogP contribution in [0.3, 0.4) is 0 Å². The van der Waals surface area contributed by atoms with Crippen molar-refractivity contribution in [2.24, 2.45) is 117 Å². The average molecular weight is 683 g/mol. The van der Waals surface area contributed by atoms with Crippen LogP contribution >= 0.6 is 0 Å². The van der Waals surface area contributed by atoms with E-state index in [0.29, 0.717) is 73.0 Å². The molecule has 8 rings (SSSR count). The lowest BCUT2D eigenvalue weighted by atomic mass is 9.60. The van der Waals surface area contributed by atoms with E-state index in [1.807, 2.05) is 0 Å². The molecule has 8 bridgehead atoms. The minimum atomic E-state index is -5.25. The summed E-state index contributed by atoms with van der Waals surface area (Å²) < 4.78 is 120. The summed E-state index contributed by atoms with van der Waals surface area (Å²) in [4.78, 5) is 0. The maximum Gasteiger partial charge on any atom is 0.402 e. The van der Waals surface area contributed by atoms with Crippen molar-refractivity contribution >= 4 is 0 Å². The monoisotopic (exact) mass is 682 g/mol. The smallest absolute Gasteiger partial charge is 0.171 e. The van der Waals surface area contributed by atoms with Gasteiger partial charge in [0.05, 0.1) is 5.41 Å². The number of rotatable bonds is 4. The second-order valence-corrected chi connectivity index (χ2v) is 19.3. The summed E-state index contributed by atoms with van der Waals surface area (Å²) in [5.74, 6) is 9.97. The van der Waals surface area contributed by atoms with Crippen molar-refractivity contribution in [3.8, 4) is 0 Å². The van der Waals surface area contributed by atoms with Crippen molar-refractivity contribution in [3.05, 3.63) is 0 Å². The molecule has 270 valence electrons. The normalized spacial score (nSPS) is 51.1. The van der Waals surface area contributed by atoms with Crippen LogP contribution in [0.15, 0.2) is 0 Å². The lowest BCUT2D eigenvalue weighted by Gasteiger charge is -2.45. The standard InChI is InChI=1S/C19H26F6.C19H29F3/c1-8-9(2)13-6-12(8)15-10-4-11(14(5-10)16(13)15)7-17(3,18(20,21)22)19(23,24)25;1-9-10(2)14-7-13(9)16-11-5-12(15(6-11)17(14)16)8-18(3,4)19(20,21)22/h8-16H,4-7H2,1-3H3;9-17H,5-8H2,1-4H3. The van der Waals surface area contributed by atoms with E-state index in [9.17, 15) is 39.5 Å². The summed E-state index contributed by atoms with van der Waals surface area (Å²) in [5.41, 5.74) is -5.10. The zero-order valence-corrected chi connectivity index (χ0v) is 29.0.